The van der Waals surface area contributed by atoms with E-state index in [0.717, 1.165) is 0 Å². The molecule has 2 aromatic carbocycles. The predicted molar refractivity (Wildman–Crippen MR) is 105 cm³/mol. The van der Waals surface area contributed by atoms with Crippen LogP contribution >= 0.6 is 0 Å². The Balaban J connectivity index is 1.39. The molecule has 0 bridgehead atoms. The number of Topliss-reactive ketones (excluding diaryl/α,β-unsaturated/α-hetero) is 1. The molecule has 1 fully saturated rings. The number of fused-ring (bicyclic) bond motifs is 1. The molecule has 0 radical (unpaired) electrons. The minimum Gasteiger partial charge on any atom is -0.497 e. The van der Waals surface area contributed by atoms with Crippen LogP contribution in [0.1, 0.15) is 29.6 Å². The van der Waals surface area contributed by atoms with Crippen LogP contribution in [0.3, 0.4) is 0 Å². The Hall–Kier alpha value is -3.28. The van der Waals surface area contributed by atoms with Crippen molar-refractivity contribution in [2.24, 2.45) is 5.92 Å². The summed E-state index contributed by atoms with van der Waals surface area (Å²) in [5.41, 5.74) is 0.518. The van der Waals surface area contributed by atoms with Gasteiger partial charge in [0.1, 0.15) is 30.0 Å². The van der Waals surface area contributed by atoms with Gasteiger partial charge in [-0.05, 0) is 37.1 Å². The molecule has 6 heteroatoms. The molecule has 0 spiro atoms. The van der Waals surface area contributed by atoms with Crippen molar-refractivity contribution in [1.82, 2.24) is 0 Å². The molecular weight excluding hydrogens is 372 g/mol. The van der Waals surface area contributed by atoms with Crippen LogP contribution < -0.4 is 9.47 Å². The second kappa shape index (κ2) is 8.39. The van der Waals surface area contributed by atoms with Crippen molar-refractivity contribution < 1.29 is 28.5 Å². The van der Waals surface area contributed by atoms with Gasteiger partial charge in [-0.25, -0.2) is 4.79 Å². The van der Waals surface area contributed by atoms with E-state index in [1.165, 1.54) is 6.26 Å². The monoisotopic (exact) mass is 394 g/mol. The van der Waals surface area contributed by atoms with Gasteiger partial charge in [-0.15, -0.1) is 0 Å². The van der Waals surface area contributed by atoms with Crippen LogP contribution in [0, 0.1) is 5.92 Å². The molecule has 2 aromatic rings. The summed E-state index contributed by atoms with van der Waals surface area (Å²) in [5.74, 6) is 0.597. The van der Waals surface area contributed by atoms with Crippen molar-refractivity contribution >= 4 is 11.8 Å². The van der Waals surface area contributed by atoms with E-state index in [4.69, 9.17) is 18.9 Å². The zero-order valence-corrected chi connectivity index (χ0v) is 16.1. The summed E-state index contributed by atoms with van der Waals surface area (Å²) in [4.78, 5) is 25.1. The molecule has 150 valence electrons. The average molecular weight is 394 g/mol. The molecule has 0 aromatic heterocycles. The Kier molecular flexibility index (Phi) is 5.51. The number of benzene rings is 2. The summed E-state index contributed by atoms with van der Waals surface area (Å²) in [6.45, 7) is 0. The zero-order chi connectivity index (χ0) is 20.2. The maximum Gasteiger partial charge on any atom is 0.338 e. The van der Waals surface area contributed by atoms with E-state index >= 15 is 0 Å². The van der Waals surface area contributed by atoms with E-state index < -0.39 is 0 Å². The predicted octanol–water partition coefficient (Wildman–Crippen LogP) is 3.91. The smallest absolute Gasteiger partial charge is 0.338 e. The van der Waals surface area contributed by atoms with Gasteiger partial charge in [-0.1, -0.05) is 24.3 Å². The lowest BCUT2D eigenvalue weighted by Crippen LogP contribution is -2.43. The lowest BCUT2D eigenvalue weighted by molar-refractivity contribution is -0.132. The van der Waals surface area contributed by atoms with E-state index in [2.05, 4.69) is 0 Å². The average Bonchev–Trinajstić information content (AvgIpc) is 2.76. The first-order valence-electron chi connectivity index (χ1n) is 9.62. The first-order valence-corrected chi connectivity index (χ1v) is 9.62. The molecule has 4 rings (SSSR count). The standard InChI is InChI=1S/C23H22O6/c1-26-16-8-5-9-17(12-16)28-21-14-27-20-13-18(10-11-19(20)22(21)24)29-23(25)15-6-3-2-4-7-15/h2-9,12,14,18-20H,10-11,13H2,1H3. The van der Waals surface area contributed by atoms with Crippen molar-refractivity contribution in [2.75, 3.05) is 7.11 Å². The van der Waals surface area contributed by atoms with Gasteiger partial charge in [0, 0.05) is 12.5 Å². The molecule has 1 aliphatic heterocycles. The highest BCUT2D eigenvalue weighted by atomic mass is 16.6. The van der Waals surface area contributed by atoms with Crippen LogP contribution in [0.2, 0.25) is 0 Å². The molecule has 3 atom stereocenters. The molecule has 1 heterocycles. The third-order valence-corrected chi connectivity index (χ3v) is 5.23. The number of esters is 1. The van der Waals surface area contributed by atoms with Crippen LogP contribution in [-0.4, -0.2) is 31.1 Å². The Morgan fingerprint density at radius 3 is 2.62 bits per heavy atom. The van der Waals surface area contributed by atoms with Crippen molar-refractivity contribution in [2.45, 2.75) is 31.5 Å². The lowest BCUT2D eigenvalue weighted by Gasteiger charge is -2.36. The fourth-order valence-corrected chi connectivity index (χ4v) is 3.70. The summed E-state index contributed by atoms with van der Waals surface area (Å²) in [6, 6.07) is 15.9. The molecule has 3 unspecified atom stereocenters. The number of hydrogen-bond acceptors (Lipinski definition) is 6. The summed E-state index contributed by atoms with van der Waals surface area (Å²) in [6.07, 6.45) is 2.45. The minimum absolute atomic E-state index is 0.0862. The number of carbonyl (C=O) groups is 2. The van der Waals surface area contributed by atoms with E-state index in [1.807, 2.05) is 6.07 Å². The van der Waals surface area contributed by atoms with Gasteiger partial charge in [-0.2, -0.15) is 0 Å². The van der Waals surface area contributed by atoms with Crippen LogP contribution in [0.25, 0.3) is 0 Å². The zero-order valence-electron chi connectivity index (χ0n) is 16.1. The Morgan fingerprint density at radius 2 is 1.83 bits per heavy atom. The maximum atomic E-state index is 12.9. The van der Waals surface area contributed by atoms with Crippen LogP contribution in [0.15, 0.2) is 66.6 Å². The third kappa shape index (κ3) is 4.26. The lowest BCUT2D eigenvalue weighted by atomic mass is 9.80. The summed E-state index contributed by atoms with van der Waals surface area (Å²) >= 11 is 0. The number of carbonyl (C=O) groups excluding carboxylic acids is 2. The molecule has 0 amide bonds. The second-order valence-corrected chi connectivity index (χ2v) is 7.11. The first kappa shape index (κ1) is 19.1. The molecule has 1 saturated carbocycles. The van der Waals surface area contributed by atoms with E-state index in [-0.39, 0.29) is 35.6 Å². The van der Waals surface area contributed by atoms with Gasteiger partial charge in [0.15, 0.2) is 0 Å². The van der Waals surface area contributed by atoms with Gasteiger partial charge in [-0.3, -0.25) is 4.79 Å². The van der Waals surface area contributed by atoms with Crippen molar-refractivity contribution in [1.29, 1.82) is 0 Å². The molecule has 1 aliphatic carbocycles. The number of hydrogen-bond donors (Lipinski definition) is 0. The fourth-order valence-electron chi connectivity index (χ4n) is 3.70. The molecule has 2 aliphatic rings. The minimum atomic E-state index is -0.353. The molecular formula is C23H22O6. The third-order valence-electron chi connectivity index (χ3n) is 5.23. The van der Waals surface area contributed by atoms with Crippen molar-refractivity contribution in [3.05, 3.63) is 72.2 Å². The highest BCUT2D eigenvalue weighted by Crippen LogP contribution is 2.35. The molecule has 0 N–H and O–H groups in total. The Labute approximate surface area is 169 Å². The van der Waals surface area contributed by atoms with Crippen LogP contribution in [0.4, 0.5) is 0 Å². The second-order valence-electron chi connectivity index (χ2n) is 7.11. The Bertz CT molecular complexity index is 920. The highest BCUT2D eigenvalue weighted by molar-refractivity contribution is 5.96. The first-order chi connectivity index (χ1) is 14.1. The maximum absolute atomic E-state index is 12.9. The summed E-state index contributed by atoms with van der Waals surface area (Å²) in [7, 11) is 1.57. The van der Waals surface area contributed by atoms with E-state index in [1.54, 1.807) is 55.6 Å². The van der Waals surface area contributed by atoms with E-state index in [0.29, 0.717) is 36.3 Å². The van der Waals surface area contributed by atoms with Crippen molar-refractivity contribution in [3.63, 3.8) is 0 Å². The van der Waals surface area contributed by atoms with Crippen molar-refractivity contribution in [3.8, 4) is 11.5 Å². The number of allylic oxidation sites excluding steroid dienone is 1. The Morgan fingerprint density at radius 1 is 1.03 bits per heavy atom. The van der Waals surface area contributed by atoms with Crippen LogP contribution in [0.5, 0.6) is 11.5 Å². The topological polar surface area (TPSA) is 71.1 Å². The molecule has 29 heavy (non-hydrogen) atoms. The van der Waals surface area contributed by atoms with E-state index in [9.17, 15) is 9.59 Å². The fraction of sp³-hybridized carbons (Fsp3) is 0.304. The number of methoxy groups -OCH3 is 1. The largest absolute Gasteiger partial charge is 0.497 e. The normalized spacial score (nSPS) is 23.3. The van der Waals surface area contributed by atoms with Gasteiger partial charge in [0.25, 0.3) is 0 Å². The van der Waals surface area contributed by atoms with Crippen LogP contribution in [-0.2, 0) is 14.3 Å². The SMILES string of the molecule is COc1cccc(OC2=COC3CC(OC(=O)c4ccccc4)CCC3C2=O)c1. The van der Waals surface area contributed by atoms with Gasteiger partial charge in [0.2, 0.25) is 11.5 Å². The van der Waals surface area contributed by atoms with Gasteiger partial charge in [0.05, 0.1) is 18.6 Å². The quantitative estimate of drug-likeness (QED) is 0.716. The molecule has 6 nitrogen and oxygen atoms in total. The number of ketones is 1. The summed E-state index contributed by atoms with van der Waals surface area (Å²) in [5, 5.41) is 0. The molecule has 0 saturated heterocycles. The highest BCUT2D eigenvalue weighted by Gasteiger charge is 2.42. The van der Waals surface area contributed by atoms with Gasteiger partial charge >= 0.3 is 5.97 Å². The number of rotatable bonds is 5. The summed E-state index contributed by atoms with van der Waals surface area (Å²) < 4.78 is 22.3. The van der Waals surface area contributed by atoms with Gasteiger partial charge < -0.3 is 18.9 Å². The number of ether oxygens (including phenoxy) is 4.